The van der Waals surface area contributed by atoms with Crippen molar-refractivity contribution in [3.8, 4) is 0 Å². The van der Waals surface area contributed by atoms with E-state index >= 15 is 0 Å². The third-order valence-electron chi connectivity index (χ3n) is 3.19. The molecule has 0 aromatic carbocycles. The van der Waals surface area contributed by atoms with E-state index in [1.807, 2.05) is 12.1 Å². The van der Waals surface area contributed by atoms with Gasteiger partial charge in [0.2, 0.25) is 5.91 Å². The Kier molecular flexibility index (Phi) is 2.07. The molecular weight excluding hydrogens is 206 g/mol. The van der Waals surface area contributed by atoms with E-state index in [4.69, 9.17) is 4.74 Å². The summed E-state index contributed by atoms with van der Waals surface area (Å²) in [6.45, 7) is 1.23. The summed E-state index contributed by atoms with van der Waals surface area (Å²) in [6.07, 6.45) is 3.10. The number of fused-ring (bicyclic) bond motifs is 1. The Morgan fingerprint density at radius 3 is 3.00 bits per heavy atom. The fourth-order valence-electron chi connectivity index (χ4n) is 2.20. The van der Waals surface area contributed by atoms with Gasteiger partial charge in [-0.2, -0.15) is 0 Å². The second-order valence-electron chi connectivity index (χ2n) is 4.17. The number of carbonyl (C=O) groups is 1. The van der Waals surface area contributed by atoms with E-state index in [1.54, 1.807) is 6.20 Å². The molecule has 3 rings (SSSR count). The molecule has 0 aliphatic carbocycles. The molecule has 1 fully saturated rings. The van der Waals surface area contributed by atoms with E-state index in [9.17, 15) is 4.79 Å². The predicted molar refractivity (Wildman–Crippen MR) is 59.3 cm³/mol. The van der Waals surface area contributed by atoms with Crippen LogP contribution >= 0.6 is 0 Å². The molecule has 1 aromatic rings. The third-order valence-corrected chi connectivity index (χ3v) is 3.19. The number of hydrogen-bond donors (Lipinski definition) is 2. The number of nitrogens with one attached hydrogen (secondary N) is 2. The lowest BCUT2D eigenvalue weighted by Gasteiger charge is -2.40. The molecule has 5 heteroatoms. The van der Waals surface area contributed by atoms with Crippen molar-refractivity contribution >= 4 is 17.4 Å². The third kappa shape index (κ3) is 1.36. The number of ether oxygens (including phenoxy) is 1. The smallest absolute Gasteiger partial charge is 0.250 e. The lowest BCUT2D eigenvalue weighted by atomic mass is 9.87. The van der Waals surface area contributed by atoms with Gasteiger partial charge in [0.05, 0.1) is 5.69 Å². The molecule has 0 atom stereocenters. The zero-order chi connectivity index (χ0) is 11.0. The molecule has 1 spiro atoms. The average molecular weight is 219 g/mol. The number of carbonyl (C=O) groups excluding carboxylic acids is 1. The van der Waals surface area contributed by atoms with Gasteiger partial charge in [-0.15, -0.1) is 0 Å². The number of pyridine rings is 1. The van der Waals surface area contributed by atoms with Gasteiger partial charge < -0.3 is 15.4 Å². The Bertz CT molecular complexity index is 427. The minimum Gasteiger partial charge on any atom is -0.381 e. The minimum absolute atomic E-state index is 0.0244. The van der Waals surface area contributed by atoms with Crippen LogP contribution in [-0.2, 0) is 9.53 Å². The Morgan fingerprint density at radius 1 is 1.38 bits per heavy atom. The van der Waals surface area contributed by atoms with Crippen LogP contribution in [0.3, 0.4) is 0 Å². The summed E-state index contributed by atoms with van der Waals surface area (Å²) < 4.78 is 5.29. The second-order valence-corrected chi connectivity index (χ2v) is 4.17. The Labute approximate surface area is 93.2 Å². The van der Waals surface area contributed by atoms with Gasteiger partial charge in [-0.05, 0) is 12.1 Å². The van der Waals surface area contributed by atoms with Crippen LogP contribution in [0, 0.1) is 0 Å². The first-order valence-electron chi connectivity index (χ1n) is 5.43. The van der Waals surface area contributed by atoms with Crippen LogP contribution in [0.25, 0.3) is 0 Å². The Morgan fingerprint density at radius 2 is 2.19 bits per heavy atom. The van der Waals surface area contributed by atoms with Crippen molar-refractivity contribution in [3.63, 3.8) is 0 Å². The van der Waals surface area contributed by atoms with Crippen LogP contribution in [0.15, 0.2) is 18.3 Å². The minimum atomic E-state index is -0.528. The molecule has 2 aliphatic heterocycles. The van der Waals surface area contributed by atoms with Gasteiger partial charge in [0.25, 0.3) is 0 Å². The van der Waals surface area contributed by atoms with Crippen molar-refractivity contribution in [3.05, 3.63) is 18.3 Å². The highest BCUT2D eigenvalue weighted by Gasteiger charge is 2.43. The predicted octanol–water partition coefficient (Wildman–Crippen LogP) is 0.995. The summed E-state index contributed by atoms with van der Waals surface area (Å²) in [4.78, 5) is 16.3. The SMILES string of the molecule is O=C1Nc2cccnc2NC12CCOCC2. The molecule has 0 bridgehead atoms. The fraction of sp³-hybridized carbons (Fsp3) is 0.455. The zero-order valence-corrected chi connectivity index (χ0v) is 8.82. The highest BCUT2D eigenvalue weighted by Crippen LogP contribution is 2.34. The van der Waals surface area contributed by atoms with Crippen molar-refractivity contribution in [1.82, 2.24) is 4.98 Å². The lowest BCUT2D eigenvalue weighted by molar-refractivity contribution is -0.123. The molecule has 1 saturated heterocycles. The largest absolute Gasteiger partial charge is 0.381 e. The summed E-state index contributed by atoms with van der Waals surface area (Å²) in [6, 6.07) is 3.65. The van der Waals surface area contributed by atoms with Gasteiger partial charge >= 0.3 is 0 Å². The van der Waals surface area contributed by atoms with Crippen molar-refractivity contribution in [2.75, 3.05) is 23.8 Å². The zero-order valence-electron chi connectivity index (χ0n) is 8.82. The van der Waals surface area contributed by atoms with Crippen LogP contribution in [0.1, 0.15) is 12.8 Å². The van der Waals surface area contributed by atoms with E-state index in [0.29, 0.717) is 26.1 Å². The highest BCUT2D eigenvalue weighted by molar-refractivity contribution is 6.05. The molecule has 0 unspecified atom stereocenters. The normalized spacial score (nSPS) is 22.1. The fourth-order valence-corrected chi connectivity index (χ4v) is 2.20. The number of amides is 1. The Hall–Kier alpha value is -1.62. The first-order chi connectivity index (χ1) is 7.80. The molecule has 16 heavy (non-hydrogen) atoms. The summed E-state index contributed by atoms with van der Waals surface area (Å²) in [5.41, 5.74) is 0.226. The number of nitrogens with zero attached hydrogens (tertiary/aromatic N) is 1. The second kappa shape index (κ2) is 3.45. The average Bonchev–Trinajstić information content (AvgIpc) is 2.32. The molecule has 1 amide bonds. The molecule has 5 nitrogen and oxygen atoms in total. The van der Waals surface area contributed by atoms with E-state index in [1.165, 1.54) is 0 Å². The van der Waals surface area contributed by atoms with Crippen molar-refractivity contribution in [2.45, 2.75) is 18.4 Å². The quantitative estimate of drug-likeness (QED) is 0.683. The number of rotatable bonds is 0. The van der Waals surface area contributed by atoms with E-state index in [2.05, 4.69) is 15.6 Å². The summed E-state index contributed by atoms with van der Waals surface area (Å²) in [5, 5.41) is 6.16. The molecule has 84 valence electrons. The van der Waals surface area contributed by atoms with Crippen LogP contribution < -0.4 is 10.6 Å². The molecule has 1 aromatic heterocycles. The van der Waals surface area contributed by atoms with Gasteiger partial charge in [-0.1, -0.05) is 0 Å². The number of aromatic nitrogens is 1. The van der Waals surface area contributed by atoms with E-state index < -0.39 is 5.54 Å². The number of anilines is 2. The van der Waals surface area contributed by atoms with E-state index in [-0.39, 0.29) is 5.91 Å². The summed E-state index contributed by atoms with van der Waals surface area (Å²) >= 11 is 0. The lowest BCUT2D eigenvalue weighted by Crippen LogP contribution is -2.55. The maximum absolute atomic E-state index is 12.1. The standard InChI is InChI=1S/C11H13N3O2/c15-10-11(3-6-16-7-4-11)14-9-8(13-10)2-1-5-12-9/h1-2,5H,3-4,6-7H2,(H,12,14)(H,13,15). The van der Waals surface area contributed by atoms with Crippen LogP contribution in [0.2, 0.25) is 0 Å². The summed E-state index contributed by atoms with van der Waals surface area (Å²) in [7, 11) is 0. The topological polar surface area (TPSA) is 63.2 Å². The first-order valence-corrected chi connectivity index (χ1v) is 5.43. The van der Waals surface area contributed by atoms with Crippen molar-refractivity contribution in [2.24, 2.45) is 0 Å². The molecule has 0 saturated carbocycles. The molecule has 2 N–H and O–H groups in total. The van der Waals surface area contributed by atoms with Gasteiger partial charge in [0.1, 0.15) is 5.54 Å². The number of hydrogen-bond acceptors (Lipinski definition) is 4. The van der Waals surface area contributed by atoms with E-state index in [0.717, 1.165) is 11.5 Å². The van der Waals surface area contributed by atoms with Gasteiger partial charge in [0.15, 0.2) is 5.82 Å². The van der Waals surface area contributed by atoms with Crippen molar-refractivity contribution < 1.29 is 9.53 Å². The van der Waals surface area contributed by atoms with Crippen molar-refractivity contribution in [1.29, 1.82) is 0 Å². The molecular formula is C11H13N3O2. The van der Waals surface area contributed by atoms with Crippen LogP contribution in [-0.4, -0.2) is 29.6 Å². The Balaban J connectivity index is 1.97. The van der Waals surface area contributed by atoms with Crippen LogP contribution in [0.4, 0.5) is 11.5 Å². The monoisotopic (exact) mass is 219 g/mol. The maximum Gasteiger partial charge on any atom is 0.250 e. The van der Waals surface area contributed by atoms with Gasteiger partial charge in [-0.3, -0.25) is 4.79 Å². The van der Waals surface area contributed by atoms with Gasteiger partial charge in [0, 0.05) is 32.3 Å². The molecule has 0 radical (unpaired) electrons. The van der Waals surface area contributed by atoms with Crippen LogP contribution in [0.5, 0.6) is 0 Å². The maximum atomic E-state index is 12.1. The summed E-state index contributed by atoms with van der Waals surface area (Å²) in [5.74, 6) is 0.778. The molecule has 2 aliphatic rings. The molecule has 3 heterocycles. The first kappa shape index (κ1) is 9.59. The highest BCUT2D eigenvalue weighted by atomic mass is 16.5. The van der Waals surface area contributed by atoms with Gasteiger partial charge in [-0.25, -0.2) is 4.98 Å².